The Hall–Kier alpha value is -3.28. The van der Waals surface area contributed by atoms with Gasteiger partial charge in [-0.25, -0.2) is 4.98 Å². The lowest BCUT2D eigenvalue weighted by molar-refractivity contribution is 0.0867. The third kappa shape index (κ3) is 5.05. The minimum Gasteiger partial charge on any atom is -0.493 e. The number of hydrogen-bond donors (Lipinski definition) is 1. The van der Waals surface area contributed by atoms with Crippen LogP contribution in [0.4, 0.5) is 0 Å². The predicted molar refractivity (Wildman–Crippen MR) is 130 cm³/mol. The standard InChI is InChI=1S/C27H33N3O3/c1-18-11-21(15-27(2,3)14-18)29-26(31)23-16-28-17-30(23)22-8-6-7-19(12-22)20-9-10-24(32-4)25(13-20)33-5/h6-10,12-13,16-18,21H,11,14-15H2,1-5H3,(H,29,31)/t18-,21+/m0/s1. The second kappa shape index (κ2) is 9.30. The van der Waals surface area contributed by atoms with E-state index in [0.29, 0.717) is 23.1 Å². The molecule has 0 aliphatic heterocycles. The van der Waals surface area contributed by atoms with Crippen LogP contribution < -0.4 is 14.8 Å². The summed E-state index contributed by atoms with van der Waals surface area (Å²) in [6.45, 7) is 6.83. The minimum atomic E-state index is -0.0843. The van der Waals surface area contributed by atoms with Crippen molar-refractivity contribution in [3.05, 3.63) is 60.7 Å². The smallest absolute Gasteiger partial charge is 0.270 e. The molecule has 1 fully saturated rings. The fraction of sp³-hybridized carbons (Fsp3) is 0.407. The van der Waals surface area contributed by atoms with Gasteiger partial charge in [0.05, 0.1) is 26.7 Å². The van der Waals surface area contributed by atoms with E-state index in [-0.39, 0.29) is 17.4 Å². The van der Waals surface area contributed by atoms with Gasteiger partial charge in [0, 0.05) is 11.7 Å². The van der Waals surface area contributed by atoms with Gasteiger partial charge in [-0.2, -0.15) is 0 Å². The monoisotopic (exact) mass is 447 g/mol. The lowest BCUT2D eigenvalue weighted by Gasteiger charge is -2.39. The molecule has 1 heterocycles. The summed E-state index contributed by atoms with van der Waals surface area (Å²) in [5.41, 5.74) is 3.66. The van der Waals surface area contributed by atoms with Gasteiger partial charge in [-0.15, -0.1) is 0 Å². The van der Waals surface area contributed by atoms with Crippen molar-refractivity contribution in [1.29, 1.82) is 0 Å². The zero-order valence-corrected chi connectivity index (χ0v) is 20.1. The molecule has 0 unspecified atom stereocenters. The van der Waals surface area contributed by atoms with Crippen LogP contribution in [0.1, 0.15) is 50.5 Å². The number of carbonyl (C=O) groups excluding carboxylic acids is 1. The molecule has 3 aromatic rings. The highest BCUT2D eigenvalue weighted by atomic mass is 16.5. The number of amides is 1. The van der Waals surface area contributed by atoms with Crippen molar-refractivity contribution in [2.45, 2.75) is 46.1 Å². The highest BCUT2D eigenvalue weighted by molar-refractivity contribution is 5.93. The van der Waals surface area contributed by atoms with Gasteiger partial charge in [0.2, 0.25) is 0 Å². The fourth-order valence-electron chi connectivity index (χ4n) is 5.24. The number of nitrogens with zero attached hydrogens (tertiary/aromatic N) is 2. The number of rotatable bonds is 6. The Morgan fingerprint density at radius 3 is 2.55 bits per heavy atom. The number of benzene rings is 2. The summed E-state index contributed by atoms with van der Waals surface area (Å²) >= 11 is 0. The van der Waals surface area contributed by atoms with E-state index in [2.05, 4.69) is 31.1 Å². The second-order valence-electron chi connectivity index (χ2n) is 9.85. The van der Waals surface area contributed by atoms with Crippen LogP contribution >= 0.6 is 0 Å². The lowest BCUT2D eigenvalue weighted by atomic mass is 9.70. The van der Waals surface area contributed by atoms with E-state index >= 15 is 0 Å². The van der Waals surface area contributed by atoms with E-state index in [1.165, 1.54) is 6.42 Å². The SMILES string of the molecule is COc1ccc(-c2cccc(-n3cncc3C(=O)N[C@@H]3C[C@H](C)CC(C)(C)C3)c2)cc1OC. The van der Waals surface area contributed by atoms with E-state index in [1.54, 1.807) is 26.7 Å². The zero-order chi connectivity index (χ0) is 23.6. The number of ether oxygens (including phenoxy) is 2. The minimum absolute atomic E-state index is 0.0843. The largest absolute Gasteiger partial charge is 0.493 e. The molecule has 1 amide bonds. The molecular weight excluding hydrogens is 414 g/mol. The number of imidazole rings is 1. The summed E-state index contributed by atoms with van der Waals surface area (Å²) in [7, 11) is 3.25. The molecule has 6 nitrogen and oxygen atoms in total. The van der Waals surface area contributed by atoms with Gasteiger partial charge in [-0.1, -0.05) is 39.0 Å². The third-order valence-electron chi connectivity index (χ3n) is 6.43. The zero-order valence-electron chi connectivity index (χ0n) is 20.1. The highest BCUT2D eigenvalue weighted by Gasteiger charge is 2.33. The number of nitrogens with one attached hydrogen (secondary N) is 1. The number of hydrogen-bond acceptors (Lipinski definition) is 4. The maximum atomic E-state index is 13.2. The maximum Gasteiger partial charge on any atom is 0.270 e. The molecule has 1 saturated carbocycles. The molecular formula is C27H33N3O3. The van der Waals surface area contributed by atoms with Crippen LogP contribution in [-0.4, -0.2) is 35.7 Å². The van der Waals surface area contributed by atoms with E-state index in [1.807, 2.05) is 47.0 Å². The molecule has 1 aromatic heterocycles. The van der Waals surface area contributed by atoms with Gasteiger partial charge in [-0.05, 0) is 66.0 Å². The van der Waals surface area contributed by atoms with Crippen molar-refractivity contribution in [2.24, 2.45) is 11.3 Å². The molecule has 0 saturated heterocycles. The summed E-state index contributed by atoms with van der Waals surface area (Å²) in [6, 6.07) is 14.1. The average molecular weight is 448 g/mol. The molecule has 4 rings (SSSR count). The van der Waals surface area contributed by atoms with Crippen LogP contribution in [-0.2, 0) is 0 Å². The van der Waals surface area contributed by atoms with E-state index in [9.17, 15) is 4.79 Å². The van der Waals surface area contributed by atoms with Crippen molar-refractivity contribution in [3.8, 4) is 28.3 Å². The van der Waals surface area contributed by atoms with E-state index in [4.69, 9.17) is 9.47 Å². The first kappa shape index (κ1) is 22.9. The normalized spacial score (nSPS) is 19.7. The van der Waals surface area contributed by atoms with E-state index in [0.717, 1.165) is 29.7 Å². The van der Waals surface area contributed by atoms with Gasteiger partial charge in [-0.3, -0.25) is 9.36 Å². The van der Waals surface area contributed by atoms with Gasteiger partial charge in [0.1, 0.15) is 5.69 Å². The second-order valence-corrected chi connectivity index (χ2v) is 9.85. The molecule has 6 heteroatoms. The Kier molecular flexibility index (Phi) is 6.45. The Labute approximate surface area is 195 Å². The Balaban J connectivity index is 1.58. The van der Waals surface area contributed by atoms with Crippen molar-refractivity contribution in [3.63, 3.8) is 0 Å². The van der Waals surface area contributed by atoms with Gasteiger partial charge in [0.25, 0.3) is 5.91 Å². The average Bonchev–Trinajstić information content (AvgIpc) is 3.27. The van der Waals surface area contributed by atoms with Gasteiger partial charge < -0.3 is 14.8 Å². The molecule has 1 aliphatic carbocycles. The van der Waals surface area contributed by atoms with Crippen LogP contribution in [0.15, 0.2) is 55.0 Å². The molecule has 2 atom stereocenters. The van der Waals surface area contributed by atoms with Gasteiger partial charge in [0.15, 0.2) is 11.5 Å². The molecule has 0 radical (unpaired) electrons. The van der Waals surface area contributed by atoms with Gasteiger partial charge >= 0.3 is 0 Å². The first-order valence-corrected chi connectivity index (χ1v) is 11.5. The third-order valence-corrected chi connectivity index (χ3v) is 6.43. The molecule has 1 N–H and O–H groups in total. The number of carbonyl (C=O) groups is 1. The summed E-state index contributed by atoms with van der Waals surface area (Å²) in [6.07, 6.45) is 6.52. The topological polar surface area (TPSA) is 65.4 Å². The van der Waals surface area contributed by atoms with Crippen LogP contribution in [0, 0.1) is 11.3 Å². The number of methoxy groups -OCH3 is 2. The Morgan fingerprint density at radius 1 is 1.06 bits per heavy atom. The van der Waals surface area contributed by atoms with Crippen molar-refractivity contribution >= 4 is 5.91 Å². The van der Waals surface area contributed by atoms with E-state index < -0.39 is 0 Å². The van der Waals surface area contributed by atoms with Crippen LogP contribution in [0.3, 0.4) is 0 Å². The summed E-state index contributed by atoms with van der Waals surface area (Å²) < 4.78 is 12.6. The van der Waals surface area contributed by atoms with Crippen LogP contribution in [0.25, 0.3) is 16.8 Å². The van der Waals surface area contributed by atoms with Crippen molar-refractivity contribution in [1.82, 2.24) is 14.9 Å². The molecule has 2 aromatic carbocycles. The summed E-state index contributed by atoms with van der Waals surface area (Å²) in [4.78, 5) is 17.5. The van der Waals surface area contributed by atoms with Crippen molar-refractivity contribution in [2.75, 3.05) is 14.2 Å². The first-order valence-electron chi connectivity index (χ1n) is 11.5. The van der Waals surface area contributed by atoms with Crippen molar-refractivity contribution < 1.29 is 14.3 Å². The molecule has 33 heavy (non-hydrogen) atoms. The van der Waals surface area contributed by atoms with Crippen LogP contribution in [0.5, 0.6) is 11.5 Å². The van der Waals surface area contributed by atoms with Crippen LogP contribution in [0.2, 0.25) is 0 Å². The highest BCUT2D eigenvalue weighted by Crippen LogP contribution is 2.38. The predicted octanol–water partition coefficient (Wildman–Crippen LogP) is 5.50. The summed E-state index contributed by atoms with van der Waals surface area (Å²) in [5.74, 6) is 1.87. The summed E-state index contributed by atoms with van der Waals surface area (Å²) in [5, 5.41) is 3.26. The fourth-order valence-corrected chi connectivity index (χ4v) is 5.24. The molecule has 1 aliphatic rings. The quantitative estimate of drug-likeness (QED) is 0.542. The first-order chi connectivity index (χ1) is 15.8. The molecule has 0 bridgehead atoms. The molecule has 174 valence electrons. The molecule has 0 spiro atoms. The lowest BCUT2D eigenvalue weighted by Crippen LogP contribution is -2.43. The Morgan fingerprint density at radius 2 is 1.82 bits per heavy atom. The Bertz CT molecular complexity index is 1140. The maximum absolute atomic E-state index is 13.2. The number of aromatic nitrogens is 2.